The SMILES string of the molecule is CSCCC(NS(=O)(=O)c1cccs1)C(=O)[O-]. The van der Waals surface area contributed by atoms with Crippen molar-refractivity contribution in [3.05, 3.63) is 17.5 Å². The van der Waals surface area contributed by atoms with E-state index in [1.54, 1.807) is 11.4 Å². The molecule has 0 radical (unpaired) electrons. The Hall–Kier alpha value is -0.570. The molecule has 1 rings (SSSR count). The summed E-state index contributed by atoms with van der Waals surface area (Å²) in [5, 5.41) is 12.4. The Labute approximate surface area is 108 Å². The molecule has 17 heavy (non-hydrogen) atoms. The van der Waals surface area contributed by atoms with E-state index in [0.717, 1.165) is 11.3 Å². The van der Waals surface area contributed by atoms with Crippen LogP contribution in [0.1, 0.15) is 6.42 Å². The lowest BCUT2D eigenvalue weighted by Gasteiger charge is -2.18. The third kappa shape index (κ3) is 4.30. The molecular weight excluding hydrogens is 282 g/mol. The third-order valence-electron chi connectivity index (χ3n) is 1.95. The molecule has 1 aromatic rings. The fourth-order valence-corrected chi connectivity index (χ4v) is 3.82. The van der Waals surface area contributed by atoms with Crippen molar-refractivity contribution < 1.29 is 18.3 Å². The number of carboxylic acids is 1. The Morgan fingerprint density at radius 1 is 1.65 bits per heavy atom. The number of hydrogen-bond donors (Lipinski definition) is 1. The smallest absolute Gasteiger partial charge is 0.250 e. The molecule has 0 aliphatic carbocycles. The summed E-state index contributed by atoms with van der Waals surface area (Å²) in [6.45, 7) is 0. The van der Waals surface area contributed by atoms with Gasteiger partial charge in [-0.1, -0.05) is 6.07 Å². The molecule has 0 fully saturated rings. The monoisotopic (exact) mass is 294 g/mol. The highest BCUT2D eigenvalue weighted by molar-refractivity contribution is 7.98. The first-order valence-electron chi connectivity index (χ1n) is 4.73. The molecule has 1 atom stereocenters. The quantitative estimate of drug-likeness (QED) is 0.759. The van der Waals surface area contributed by atoms with Gasteiger partial charge in [0.2, 0.25) is 0 Å². The molecule has 0 aliphatic heterocycles. The van der Waals surface area contributed by atoms with Crippen molar-refractivity contribution >= 4 is 39.1 Å². The number of thiophene rings is 1. The van der Waals surface area contributed by atoms with Gasteiger partial charge in [-0.15, -0.1) is 11.3 Å². The number of carboxylic acid groups (broad SMARTS) is 1. The number of thioether (sulfide) groups is 1. The molecule has 8 heteroatoms. The van der Waals surface area contributed by atoms with E-state index >= 15 is 0 Å². The van der Waals surface area contributed by atoms with Crippen molar-refractivity contribution in [1.82, 2.24) is 4.72 Å². The van der Waals surface area contributed by atoms with Gasteiger partial charge in [-0.2, -0.15) is 11.8 Å². The van der Waals surface area contributed by atoms with Crippen LogP contribution >= 0.6 is 23.1 Å². The molecule has 96 valence electrons. The lowest BCUT2D eigenvalue weighted by atomic mass is 10.2. The van der Waals surface area contributed by atoms with Gasteiger partial charge in [-0.25, -0.2) is 13.1 Å². The zero-order valence-electron chi connectivity index (χ0n) is 9.08. The summed E-state index contributed by atoms with van der Waals surface area (Å²) in [6, 6.07) is 1.83. The second-order valence-electron chi connectivity index (χ2n) is 3.21. The second-order valence-corrected chi connectivity index (χ2v) is 7.08. The molecule has 0 amide bonds. The first-order chi connectivity index (χ1) is 7.97. The summed E-state index contributed by atoms with van der Waals surface area (Å²) < 4.78 is 25.8. The lowest BCUT2D eigenvalue weighted by molar-refractivity contribution is -0.308. The number of aliphatic carboxylic acids is 1. The Balaban J connectivity index is 2.76. The van der Waals surface area contributed by atoms with Crippen molar-refractivity contribution in [1.29, 1.82) is 0 Å². The predicted octanol–water partition coefficient (Wildman–Crippen LogP) is -0.102. The van der Waals surface area contributed by atoms with Gasteiger partial charge in [0.15, 0.2) is 0 Å². The molecule has 0 saturated heterocycles. The number of rotatable bonds is 7. The maximum atomic E-state index is 11.8. The van der Waals surface area contributed by atoms with E-state index in [9.17, 15) is 18.3 Å². The van der Waals surface area contributed by atoms with Crippen molar-refractivity contribution in [2.45, 2.75) is 16.7 Å². The number of carbonyl (C=O) groups is 1. The number of nitrogens with one attached hydrogen (secondary N) is 1. The molecule has 1 heterocycles. The molecule has 0 aliphatic rings. The maximum Gasteiger partial charge on any atom is 0.250 e. The van der Waals surface area contributed by atoms with Crippen LogP contribution in [0, 0.1) is 0 Å². The van der Waals surface area contributed by atoms with Gasteiger partial charge in [0.1, 0.15) is 4.21 Å². The maximum absolute atomic E-state index is 11.8. The van der Waals surface area contributed by atoms with Crippen LogP contribution in [0.15, 0.2) is 21.7 Å². The van der Waals surface area contributed by atoms with E-state index in [1.165, 1.54) is 17.8 Å². The van der Waals surface area contributed by atoms with Crippen molar-refractivity contribution in [3.8, 4) is 0 Å². The van der Waals surface area contributed by atoms with E-state index in [0.29, 0.717) is 5.75 Å². The van der Waals surface area contributed by atoms with Gasteiger partial charge >= 0.3 is 0 Å². The molecule has 1 aromatic heterocycles. The molecule has 0 spiro atoms. The summed E-state index contributed by atoms with van der Waals surface area (Å²) >= 11 is 2.49. The largest absolute Gasteiger partial charge is 0.548 e. The van der Waals surface area contributed by atoms with Crippen LogP contribution in [-0.4, -0.2) is 32.4 Å². The Kier molecular flexibility index (Phi) is 5.44. The first-order valence-corrected chi connectivity index (χ1v) is 8.48. The van der Waals surface area contributed by atoms with Crippen molar-refractivity contribution in [2.24, 2.45) is 0 Å². The van der Waals surface area contributed by atoms with Gasteiger partial charge in [0.05, 0.1) is 12.0 Å². The van der Waals surface area contributed by atoms with Crippen LogP contribution in [0.3, 0.4) is 0 Å². The molecule has 0 bridgehead atoms. The molecule has 0 saturated carbocycles. The van der Waals surface area contributed by atoms with Crippen LogP contribution < -0.4 is 9.83 Å². The fourth-order valence-electron chi connectivity index (χ4n) is 1.12. The number of sulfonamides is 1. The molecule has 1 unspecified atom stereocenters. The van der Waals surface area contributed by atoms with Crippen LogP contribution in [0.4, 0.5) is 0 Å². The fraction of sp³-hybridized carbons (Fsp3) is 0.444. The number of carbonyl (C=O) groups excluding carboxylic acids is 1. The van der Waals surface area contributed by atoms with E-state index < -0.39 is 22.0 Å². The Morgan fingerprint density at radius 3 is 2.82 bits per heavy atom. The summed E-state index contributed by atoms with van der Waals surface area (Å²) in [7, 11) is -3.75. The van der Waals surface area contributed by atoms with Gasteiger partial charge in [-0.3, -0.25) is 0 Å². The second kappa shape index (κ2) is 6.39. The average Bonchev–Trinajstić information content (AvgIpc) is 2.77. The van der Waals surface area contributed by atoms with E-state index in [4.69, 9.17) is 0 Å². The van der Waals surface area contributed by atoms with Gasteiger partial charge in [0, 0.05) is 0 Å². The van der Waals surface area contributed by atoms with E-state index in [2.05, 4.69) is 4.72 Å². The minimum Gasteiger partial charge on any atom is -0.548 e. The van der Waals surface area contributed by atoms with E-state index in [1.807, 2.05) is 6.26 Å². The summed E-state index contributed by atoms with van der Waals surface area (Å²) in [5.41, 5.74) is 0. The van der Waals surface area contributed by atoms with Crippen LogP contribution in [0.2, 0.25) is 0 Å². The molecule has 0 aromatic carbocycles. The summed E-state index contributed by atoms with van der Waals surface area (Å²) in [5.74, 6) is -0.856. The zero-order chi connectivity index (χ0) is 12.9. The van der Waals surface area contributed by atoms with E-state index in [-0.39, 0.29) is 10.6 Å². The standard InChI is InChI=1S/C9H13NO4S3/c1-15-6-4-7(9(11)12)10-17(13,14)8-3-2-5-16-8/h2-3,5,7,10H,4,6H2,1H3,(H,11,12)/p-1. The van der Waals surface area contributed by atoms with Crippen LogP contribution in [0.25, 0.3) is 0 Å². The third-order valence-corrected chi connectivity index (χ3v) is 5.47. The van der Waals surface area contributed by atoms with Gasteiger partial charge in [-0.05, 0) is 29.9 Å². The molecule has 5 nitrogen and oxygen atoms in total. The average molecular weight is 294 g/mol. The number of hydrogen-bond acceptors (Lipinski definition) is 6. The summed E-state index contributed by atoms with van der Waals surface area (Å²) in [6.07, 6.45) is 2.02. The van der Waals surface area contributed by atoms with Crippen LogP contribution in [-0.2, 0) is 14.8 Å². The molecular formula is C9H12NO4S3-. The Morgan fingerprint density at radius 2 is 2.35 bits per heavy atom. The van der Waals surface area contributed by atoms with Crippen LogP contribution in [0.5, 0.6) is 0 Å². The minimum absolute atomic E-state index is 0.105. The van der Waals surface area contributed by atoms with Gasteiger partial charge in [0.25, 0.3) is 10.0 Å². The summed E-state index contributed by atoms with van der Waals surface area (Å²) in [4.78, 5) is 10.8. The minimum atomic E-state index is -3.75. The predicted molar refractivity (Wildman–Crippen MR) is 66.4 cm³/mol. The topological polar surface area (TPSA) is 86.3 Å². The highest BCUT2D eigenvalue weighted by Gasteiger charge is 2.21. The zero-order valence-corrected chi connectivity index (χ0v) is 11.5. The normalized spacial score (nSPS) is 13.5. The highest BCUT2D eigenvalue weighted by Crippen LogP contribution is 2.16. The van der Waals surface area contributed by atoms with Crippen molar-refractivity contribution in [3.63, 3.8) is 0 Å². The first kappa shape index (κ1) is 14.5. The lowest BCUT2D eigenvalue weighted by Crippen LogP contribution is -2.47. The Bertz CT molecular complexity index is 455. The van der Waals surface area contributed by atoms with Crippen molar-refractivity contribution in [2.75, 3.05) is 12.0 Å². The van der Waals surface area contributed by atoms with Gasteiger partial charge < -0.3 is 9.90 Å². The highest BCUT2D eigenvalue weighted by atomic mass is 32.2. The molecule has 1 N–H and O–H groups in total.